The van der Waals surface area contributed by atoms with Crippen molar-refractivity contribution < 1.29 is 0 Å². The van der Waals surface area contributed by atoms with Gasteiger partial charge in [0.2, 0.25) is 5.82 Å². The van der Waals surface area contributed by atoms with Crippen molar-refractivity contribution in [2.75, 3.05) is 0 Å². The van der Waals surface area contributed by atoms with E-state index in [1.807, 2.05) is 6.07 Å². The van der Waals surface area contributed by atoms with E-state index in [1.54, 1.807) is 24.3 Å². The quantitative estimate of drug-likeness (QED) is 0.712. The van der Waals surface area contributed by atoms with Gasteiger partial charge in [-0.1, -0.05) is 11.6 Å². The molecule has 0 N–H and O–H groups in total. The van der Waals surface area contributed by atoms with Gasteiger partial charge in [0.25, 0.3) is 0 Å². The molecule has 2 rings (SSSR count). The molecule has 1 aromatic carbocycles. The van der Waals surface area contributed by atoms with Gasteiger partial charge >= 0.3 is 0 Å². The topological polar surface area (TPSA) is 54.5 Å². The maximum atomic E-state index is 8.72. The second kappa shape index (κ2) is 3.48. The van der Waals surface area contributed by atoms with Crippen molar-refractivity contribution in [1.29, 1.82) is 5.26 Å². The van der Waals surface area contributed by atoms with Crippen molar-refractivity contribution in [3.8, 4) is 11.8 Å². The highest BCUT2D eigenvalue weighted by Gasteiger charge is 2.04. The SMILES string of the molecule is N#Cc1ncnn1-c1ccc(Cl)cc1. The van der Waals surface area contributed by atoms with Crippen LogP contribution in [0.1, 0.15) is 5.82 Å². The predicted octanol–water partition coefficient (Wildman–Crippen LogP) is 1.79. The Bertz CT molecular complexity index is 480. The van der Waals surface area contributed by atoms with Crippen molar-refractivity contribution in [2.45, 2.75) is 0 Å². The summed E-state index contributed by atoms with van der Waals surface area (Å²) in [6, 6.07) is 8.97. The molecule has 0 fully saturated rings. The zero-order chi connectivity index (χ0) is 9.97. The minimum absolute atomic E-state index is 0.257. The van der Waals surface area contributed by atoms with Crippen LogP contribution in [-0.4, -0.2) is 14.8 Å². The van der Waals surface area contributed by atoms with E-state index in [0.717, 1.165) is 5.69 Å². The van der Waals surface area contributed by atoms with Crippen LogP contribution in [0.2, 0.25) is 5.02 Å². The predicted molar refractivity (Wildman–Crippen MR) is 51.1 cm³/mol. The van der Waals surface area contributed by atoms with Gasteiger partial charge in [0.15, 0.2) is 0 Å². The van der Waals surface area contributed by atoms with Gasteiger partial charge in [-0.15, -0.1) is 0 Å². The number of halogens is 1. The Labute approximate surface area is 85.4 Å². The molecule has 0 saturated carbocycles. The van der Waals surface area contributed by atoms with Gasteiger partial charge in [0, 0.05) is 5.02 Å². The molecule has 14 heavy (non-hydrogen) atoms. The molecule has 0 bridgehead atoms. The second-order valence-corrected chi connectivity index (χ2v) is 3.02. The number of hydrogen-bond donors (Lipinski definition) is 0. The van der Waals surface area contributed by atoms with Gasteiger partial charge < -0.3 is 0 Å². The lowest BCUT2D eigenvalue weighted by Gasteiger charge is -2.00. The fourth-order valence-electron chi connectivity index (χ4n) is 1.09. The van der Waals surface area contributed by atoms with E-state index in [4.69, 9.17) is 16.9 Å². The molecule has 0 amide bonds. The number of rotatable bonds is 1. The summed E-state index contributed by atoms with van der Waals surface area (Å²) in [5.74, 6) is 0.257. The van der Waals surface area contributed by atoms with Crippen LogP contribution in [0.15, 0.2) is 30.6 Å². The van der Waals surface area contributed by atoms with E-state index in [2.05, 4.69) is 10.1 Å². The average Bonchev–Trinajstić information content (AvgIpc) is 2.67. The fraction of sp³-hybridized carbons (Fsp3) is 0. The smallest absolute Gasteiger partial charge is 0.205 e. The van der Waals surface area contributed by atoms with Crippen LogP contribution in [0.5, 0.6) is 0 Å². The number of aromatic nitrogens is 3. The monoisotopic (exact) mass is 204 g/mol. The maximum Gasteiger partial charge on any atom is 0.235 e. The Hall–Kier alpha value is -1.86. The number of nitriles is 1. The first kappa shape index (κ1) is 8.73. The molecule has 1 aromatic heterocycles. The Balaban J connectivity index is 2.50. The highest BCUT2D eigenvalue weighted by molar-refractivity contribution is 6.30. The molecule has 5 heteroatoms. The summed E-state index contributed by atoms with van der Waals surface area (Å²) in [5.41, 5.74) is 0.767. The molecule has 0 aliphatic rings. The number of hydrogen-bond acceptors (Lipinski definition) is 3. The van der Waals surface area contributed by atoms with Gasteiger partial charge in [-0.2, -0.15) is 10.4 Å². The molecule has 0 atom stereocenters. The molecule has 0 radical (unpaired) electrons. The molecule has 0 aliphatic heterocycles. The molecular weight excluding hydrogens is 200 g/mol. The number of benzene rings is 1. The van der Waals surface area contributed by atoms with Crippen LogP contribution in [0.4, 0.5) is 0 Å². The van der Waals surface area contributed by atoms with Crippen molar-refractivity contribution >= 4 is 11.6 Å². The van der Waals surface area contributed by atoms with E-state index in [0.29, 0.717) is 5.02 Å². The van der Waals surface area contributed by atoms with Crippen LogP contribution in [0.3, 0.4) is 0 Å². The van der Waals surface area contributed by atoms with E-state index in [1.165, 1.54) is 11.0 Å². The first-order valence-electron chi connectivity index (χ1n) is 3.87. The minimum atomic E-state index is 0.257. The first-order valence-corrected chi connectivity index (χ1v) is 4.25. The lowest BCUT2D eigenvalue weighted by atomic mass is 10.3. The lowest BCUT2D eigenvalue weighted by Crippen LogP contribution is -1.99. The van der Waals surface area contributed by atoms with E-state index >= 15 is 0 Å². The Kier molecular flexibility index (Phi) is 2.17. The largest absolute Gasteiger partial charge is 0.235 e. The highest BCUT2D eigenvalue weighted by atomic mass is 35.5. The van der Waals surface area contributed by atoms with Crippen LogP contribution in [0.25, 0.3) is 5.69 Å². The van der Waals surface area contributed by atoms with Crippen molar-refractivity contribution in [1.82, 2.24) is 14.8 Å². The second-order valence-electron chi connectivity index (χ2n) is 2.58. The summed E-state index contributed by atoms with van der Waals surface area (Å²) in [4.78, 5) is 3.79. The molecule has 0 aliphatic carbocycles. The van der Waals surface area contributed by atoms with E-state index in [9.17, 15) is 0 Å². The van der Waals surface area contributed by atoms with Crippen LogP contribution >= 0.6 is 11.6 Å². The molecule has 1 heterocycles. The van der Waals surface area contributed by atoms with Gasteiger partial charge in [-0.05, 0) is 24.3 Å². The van der Waals surface area contributed by atoms with Crippen LogP contribution < -0.4 is 0 Å². The lowest BCUT2D eigenvalue weighted by molar-refractivity contribution is 0.863. The summed E-state index contributed by atoms with van der Waals surface area (Å²) in [6.07, 6.45) is 1.34. The molecule has 0 spiro atoms. The summed E-state index contributed by atoms with van der Waals surface area (Å²) in [7, 11) is 0. The average molecular weight is 205 g/mol. The van der Waals surface area contributed by atoms with Crippen LogP contribution in [0, 0.1) is 11.3 Å². The Morgan fingerprint density at radius 1 is 1.29 bits per heavy atom. The third-order valence-corrected chi connectivity index (χ3v) is 1.97. The third kappa shape index (κ3) is 1.45. The zero-order valence-corrected chi connectivity index (χ0v) is 7.81. The molecule has 0 saturated heterocycles. The fourth-order valence-corrected chi connectivity index (χ4v) is 1.21. The molecule has 0 unspecified atom stereocenters. The van der Waals surface area contributed by atoms with E-state index in [-0.39, 0.29) is 5.82 Å². The molecule has 68 valence electrons. The summed E-state index contributed by atoms with van der Waals surface area (Å²) in [5, 5.41) is 13.3. The summed E-state index contributed by atoms with van der Waals surface area (Å²) < 4.78 is 1.45. The standard InChI is InChI=1S/C9H5ClN4/c10-7-1-3-8(4-2-7)14-9(5-11)12-6-13-14/h1-4,6H. The Morgan fingerprint density at radius 3 is 2.64 bits per heavy atom. The summed E-state index contributed by atoms with van der Waals surface area (Å²) in [6.45, 7) is 0. The third-order valence-electron chi connectivity index (χ3n) is 1.72. The van der Waals surface area contributed by atoms with Crippen molar-refractivity contribution in [2.24, 2.45) is 0 Å². The first-order chi connectivity index (χ1) is 6.81. The molecular formula is C9H5ClN4. The highest BCUT2D eigenvalue weighted by Crippen LogP contribution is 2.13. The molecule has 4 nitrogen and oxygen atoms in total. The van der Waals surface area contributed by atoms with Gasteiger partial charge in [-0.3, -0.25) is 0 Å². The summed E-state index contributed by atoms with van der Waals surface area (Å²) >= 11 is 5.74. The minimum Gasteiger partial charge on any atom is -0.205 e. The zero-order valence-electron chi connectivity index (χ0n) is 7.05. The van der Waals surface area contributed by atoms with Gasteiger partial charge in [0.1, 0.15) is 12.4 Å². The Morgan fingerprint density at radius 2 is 2.00 bits per heavy atom. The van der Waals surface area contributed by atoms with E-state index < -0.39 is 0 Å². The maximum absolute atomic E-state index is 8.72. The number of nitrogens with zero attached hydrogens (tertiary/aromatic N) is 4. The van der Waals surface area contributed by atoms with Crippen molar-refractivity contribution in [3.05, 3.63) is 41.4 Å². The van der Waals surface area contributed by atoms with Crippen molar-refractivity contribution in [3.63, 3.8) is 0 Å². The molecule has 2 aromatic rings. The van der Waals surface area contributed by atoms with Crippen LogP contribution in [-0.2, 0) is 0 Å². The van der Waals surface area contributed by atoms with Gasteiger partial charge in [0.05, 0.1) is 5.69 Å². The van der Waals surface area contributed by atoms with Gasteiger partial charge in [-0.25, -0.2) is 9.67 Å². The normalized spacial score (nSPS) is 9.71.